The topological polar surface area (TPSA) is 120 Å². The highest BCUT2D eigenvalue weighted by atomic mass is 32.2. The molecule has 174 valence electrons. The first-order chi connectivity index (χ1) is 14.8. The summed E-state index contributed by atoms with van der Waals surface area (Å²) in [5.41, 5.74) is -0.531. The van der Waals surface area contributed by atoms with Gasteiger partial charge < -0.3 is 18.9 Å². The summed E-state index contributed by atoms with van der Waals surface area (Å²) in [5.74, 6) is -2.01. The van der Waals surface area contributed by atoms with Crippen molar-refractivity contribution in [1.82, 2.24) is 9.62 Å². The molecule has 1 N–H and O–H groups in total. The molecule has 11 heteroatoms. The largest absolute Gasteiger partial charge is 0.459 e. The first-order valence-electron chi connectivity index (χ1n) is 11.2. The normalized spacial score (nSPS) is 40.2. The molecule has 5 rings (SSSR count). The summed E-state index contributed by atoms with van der Waals surface area (Å²) >= 11 is 0. The molecule has 1 saturated carbocycles. The van der Waals surface area contributed by atoms with Crippen LogP contribution >= 0.6 is 0 Å². The maximum atomic E-state index is 13.2. The number of nitrogens with zero attached hydrogens (tertiary/aromatic N) is 1. The maximum absolute atomic E-state index is 13.2. The minimum absolute atomic E-state index is 0.0915. The Morgan fingerprint density at radius 1 is 1.16 bits per heavy atom. The lowest BCUT2D eigenvalue weighted by Crippen LogP contribution is -2.53. The van der Waals surface area contributed by atoms with Crippen LogP contribution in [0.2, 0.25) is 0 Å². The van der Waals surface area contributed by atoms with Gasteiger partial charge in [-0.15, -0.1) is 0 Å². The smallest absolute Gasteiger partial charge is 0.320 e. The van der Waals surface area contributed by atoms with Crippen molar-refractivity contribution >= 4 is 22.0 Å². The molecule has 4 saturated heterocycles. The Balaban J connectivity index is 1.32. The van der Waals surface area contributed by atoms with Crippen molar-refractivity contribution in [2.45, 2.75) is 74.2 Å². The van der Waals surface area contributed by atoms with Gasteiger partial charge in [0.1, 0.15) is 29.0 Å². The number of esters is 2. The average Bonchev–Trinajstić information content (AvgIpc) is 3.46. The fraction of sp³-hybridized carbons (Fsp3) is 0.900. The van der Waals surface area contributed by atoms with Crippen LogP contribution in [0.4, 0.5) is 0 Å². The minimum atomic E-state index is -3.78. The van der Waals surface area contributed by atoms with E-state index in [4.69, 9.17) is 18.9 Å². The zero-order valence-corrected chi connectivity index (χ0v) is 18.5. The lowest BCUT2D eigenvalue weighted by molar-refractivity contribution is -0.172. The van der Waals surface area contributed by atoms with Crippen molar-refractivity contribution in [3.63, 3.8) is 0 Å². The second-order valence-corrected chi connectivity index (χ2v) is 11.1. The van der Waals surface area contributed by atoms with E-state index in [2.05, 4.69) is 4.72 Å². The molecule has 31 heavy (non-hydrogen) atoms. The highest BCUT2D eigenvalue weighted by Crippen LogP contribution is 2.49. The standard InChI is InChI=1S/C20H30N2O8S/c1-2-20(5-3-4-6-20)30-19(24)13-15-16(14-17(29-15)18(13)31(25,26)21-14)28-12(23)11-22-7-9-27-10-8-22/h13-18,21H,2-11H2,1H3. The van der Waals surface area contributed by atoms with Crippen LogP contribution in [-0.2, 0) is 38.6 Å². The number of carbonyl (C=O) groups excluding carboxylic acids is 2. The van der Waals surface area contributed by atoms with Gasteiger partial charge in [0.25, 0.3) is 0 Å². The number of nitrogens with one attached hydrogen (secondary N) is 1. The summed E-state index contributed by atoms with van der Waals surface area (Å²) in [6, 6.07) is -0.663. The molecule has 0 amide bonds. The lowest BCUT2D eigenvalue weighted by Gasteiger charge is -2.33. The van der Waals surface area contributed by atoms with Crippen LogP contribution in [-0.4, -0.2) is 93.3 Å². The molecular weight excluding hydrogens is 428 g/mol. The zero-order chi connectivity index (χ0) is 21.8. The van der Waals surface area contributed by atoms with Gasteiger partial charge in [-0.25, -0.2) is 13.1 Å². The van der Waals surface area contributed by atoms with Gasteiger partial charge in [0.05, 0.1) is 31.9 Å². The van der Waals surface area contributed by atoms with Crippen LogP contribution in [0.5, 0.6) is 0 Å². The van der Waals surface area contributed by atoms with E-state index in [1.165, 1.54) is 0 Å². The third kappa shape index (κ3) is 3.68. The van der Waals surface area contributed by atoms with Gasteiger partial charge in [0, 0.05) is 13.1 Å². The zero-order valence-electron chi connectivity index (χ0n) is 17.7. The van der Waals surface area contributed by atoms with Gasteiger partial charge in [-0.2, -0.15) is 0 Å². The van der Waals surface area contributed by atoms with E-state index < -0.39 is 63.1 Å². The average molecular weight is 459 g/mol. The summed E-state index contributed by atoms with van der Waals surface area (Å²) in [6.07, 6.45) is 1.86. The summed E-state index contributed by atoms with van der Waals surface area (Å²) < 4.78 is 50.9. The van der Waals surface area contributed by atoms with Crippen LogP contribution < -0.4 is 4.72 Å². The van der Waals surface area contributed by atoms with Gasteiger partial charge in [0.2, 0.25) is 10.0 Å². The van der Waals surface area contributed by atoms with Crippen molar-refractivity contribution in [3.05, 3.63) is 0 Å². The van der Waals surface area contributed by atoms with Crippen molar-refractivity contribution in [3.8, 4) is 0 Å². The Kier molecular flexibility index (Phi) is 5.53. The highest BCUT2D eigenvalue weighted by Gasteiger charge is 2.72. The first kappa shape index (κ1) is 21.6. The van der Waals surface area contributed by atoms with E-state index in [1.807, 2.05) is 11.8 Å². The molecular formula is C20H30N2O8S. The third-order valence-electron chi connectivity index (χ3n) is 7.51. The van der Waals surface area contributed by atoms with Crippen molar-refractivity contribution in [2.75, 3.05) is 32.8 Å². The summed E-state index contributed by atoms with van der Waals surface area (Å²) in [4.78, 5) is 27.7. The number of hydrogen-bond donors (Lipinski definition) is 1. The van der Waals surface area contributed by atoms with Gasteiger partial charge in [0.15, 0.2) is 0 Å². The van der Waals surface area contributed by atoms with E-state index in [-0.39, 0.29) is 6.54 Å². The van der Waals surface area contributed by atoms with Gasteiger partial charge in [-0.05, 0) is 32.1 Å². The van der Waals surface area contributed by atoms with Crippen LogP contribution in [0.1, 0.15) is 39.0 Å². The number of hydrogen-bond acceptors (Lipinski definition) is 9. The van der Waals surface area contributed by atoms with Crippen molar-refractivity contribution < 1.29 is 37.0 Å². The van der Waals surface area contributed by atoms with Gasteiger partial charge >= 0.3 is 11.9 Å². The molecule has 5 fully saturated rings. The molecule has 0 radical (unpaired) electrons. The van der Waals surface area contributed by atoms with Crippen molar-refractivity contribution in [1.29, 1.82) is 0 Å². The predicted molar refractivity (Wildman–Crippen MR) is 107 cm³/mol. The second-order valence-electron chi connectivity index (χ2n) is 9.25. The number of morpholine rings is 1. The number of carbonyl (C=O) groups is 2. The van der Waals surface area contributed by atoms with Crippen LogP contribution in [0.15, 0.2) is 0 Å². The quantitative estimate of drug-likeness (QED) is 0.528. The summed E-state index contributed by atoms with van der Waals surface area (Å²) in [7, 11) is -3.78. The second kappa shape index (κ2) is 7.95. The molecule has 1 aliphatic carbocycles. The molecule has 0 aromatic heterocycles. The van der Waals surface area contributed by atoms with Gasteiger partial charge in [-0.3, -0.25) is 14.5 Å². The van der Waals surface area contributed by atoms with E-state index in [0.29, 0.717) is 32.7 Å². The van der Waals surface area contributed by atoms with Crippen LogP contribution in [0, 0.1) is 5.92 Å². The van der Waals surface area contributed by atoms with Crippen LogP contribution in [0.25, 0.3) is 0 Å². The highest BCUT2D eigenvalue weighted by molar-refractivity contribution is 7.90. The van der Waals surface area contributed by atoms with E-state index in [9.17, 15) is 18.0 Å². The Morgan fingerprint density at radius 3 is 2.55 bits per heavy atom. The SMILES string of the molecule is CCC1(OC(=O)C2C3OC4C(NS(=O)(=O)C42)C3OC(=O)CN2CCOCC2)CCCC1. The predicted octanol–water partition coefficient (Wildman–Crippen LogP) is -0.436. The molecule has 0 aromatic rings. The Hall–Kier alpha value is -1.27. The maximum Gasteiger partial charge on any atom is 0.320 e. The lowest BCUT2D eigenvalue weighted by atomic mass is 9.83. The van der Waals surface area contributed by atoms with Gasteiger partial charge in [-0.1, -0.05) is 6.92 Å². The molecule has 10 nitrogen and oxygen atoms in total. The molecule has 2 bridgehead atoms. The third-order valence-corrected chi connectivity index (χ3v) is 9.39. The molecule has 4 heterocycles. The molecule has 5 aliphatic rings. The number of rotatable bonds is 6. The number of sulfonamides is 1. The monoisotopic (exact) mass is 458 g/mol. The molecule has 4 aliphatic heterocycles. The molecule has 0 spiro atoms. The van der Waals surface area contributed by atoms with Crippen LogP contribution in [0.3, 0.4) is 0 Å². The molecule has 6 unspecified atom stereocenters. The Bertz CT molecular complexity index is 836. The number of fused-ring (bicyclic) bond motifs is 1. The molecule has 0 aromatic carbocycles. The number of ether oxygens (including phenoxy) is 4. The Morgan fingerprint density at radius 2 is 1.87 bits per heavy atom. The van der Waals surface area contributed by atoms with E-state index >= 15 is 0 Å². The summed E-state index contributed by atoms with van der Waals surface area (Å²) in [6.45, 7) is 4.46. The first-order valence-corrected chi connectivity index (χ1v) is 12.8. The van der Waals surface area contributed by atoms with Crippen molar-refractivity contribution in [2.24, 2.45) is 5.92 Å². The van der Waals surface area contributed by atoms with E-state index in [1.54, 1.807) is 0 Å². The minimum Gasteiger partial charge on any atom is -0.459 e. The molecule has 6 atom stereocenters. The fourth-order valence-electron chi connectivity index (χ4n) is 5.84. The summed E-state index contributed by atoms with van der Waals surface area (Å²) in [5, 5.41) is -1.00. The fourth-order valence-corrected chi connectivity index (χ4v) is 7.88. The van der Waals surface area contributed by atoms with E-state index in [0.717, 1.165) is 25.7 Å². The Labute approximate surface area is 181 Å².